The fraction of sp³-hybridized carbons (Fsp3) is 0.583. The molecule has 1 aliphatic rings. The van der Waals surface area contributed by atoms with Gasteiger partial charge in [-0.15, -0.1) is 11.3 Å². The van der Waals surface area contributed by atoms with Crippen LogP contribution in [0.15, 0.2) is 11.0 Å². The van der Waals surface area contributed by atoms with Crippen molar-refractivity contribution < 1.29 is 13.2 Å². The maximum absolute atomic E-state index is 12.0. The summed E-state index contributed by atoms with van der Waals surface area (Å²) in [5.74, 6) is -0.223. The average molecular weight is 322 g/mol. The number of hydrogen-bond donors (Lipinski definition) is 1. The van der Waals surface area contributed by atoms with E-state index in [1.807, 2.05) is 0 Å². The van der Waals surface area contributed by atoms with E-state index in [-0.39, 0.29) is 16.2 Å². The molecule has 4 nitrogen and oxygen atoms in total. The quantitative estimate of drug-likeness (QED) is 0.848. The number of rotatable bonds is 5. The molecule has 1 aromatic heterocycles. The van der Waals surface area contributed by atoms with Gasteiger partial charge in [-0.25, -0.2) is 8.42 Å². The molecule has 0 radical (unpaired) electrons. The van der Waals surface area contributed by atoms with E-state index in [1.165, 1.54) is 6.07 Å². The van der Waals surface area contributed by atoms with Crippen LogP contribution in [0.25, 0.3) is 0 Å². The first-order valence-corrected chi connectivity index (χ1v) is 9.23. The monoisotopic (exact) mass is 321 g/mol. The van der Waals surface area contributed by atoms with E-state index < -0.39 is 9.05 Å². The molecule has 19 heavy (non-hydrogen) atoms. The van der Waals surface area contributed by atoms with Crippen molar-refractivity contribution in [1.82, 2.24) is 5.32 Å². The molecule has 0 aliphatic heterocycles. The van der Waals surface area contributed by atoms with Crippen LogP contribution in [-0.4, -0.2) is 20.9 Å². The molecule has 106 valence electrons. The summed E-state index contributed by atoms with van der Waals surface area (Å²) in [5, 5.41) is 2.88. The SMILES string of the molecule is CCC1(CNC(=O)c2cc(S(=O)(=O)Cl)c(C)s2)CC1. The average Bonchev–Trinajstić information content (AvgIpc) is 3.00. The molecule has 1 aromatic rings. The van der Waals surface area contributed by atoms with Gasteiger partial charge in [0.15, 0.2) is 0 Å². The molecule has 1 fully saturated rings. The number of amides is 1. The normalized spacial score (nSPS) is 17.2. The Kier molecular flexibility index (Phi) is 3.95. The highest BCUT2D eigenvalue weighted by molar-refractivity contribution is 8.13. The summed E-state index contributed by atoms with van der Waals surface area (Å²) in [6.07, 6.45) is 3.35. The zero-order valence-electron chi connectivity index (χ0n) is 10.8. The molecule has 1 saturated carbocycles. The highest BCUT2D eigenvalue weighted by Gasteiger charge is 2.40. The van der Waals surface area contributed by atoms with Gasteiger partial charge in [0, 0.05) is 22.1 Å². The maximum atomic E-state index is 12.0. The second kappa shape index (κ2) is 5.07. The van der Waals surface area contributed by atoms with Crippen molar-refractivity contribution in [2.45, 2.75) is 38.0 Å². The van der Waals surface area contributed by atoms with Crippen molar-refractivity contribution in [3.05, 3.63) is 15.8 Å². The van der Waals surface area contributed by atoms with Crippen LogP contribution >= 0.6 is 22.0 Å². The van der Waals surface area contributed by atoms with Crippen LogP contribution in [-0.2, 0) is 9.05 Å². The van der Waals surface area contributed by atoms with Crippen LogP contribution in [0.3, 0.4) is 0 Å². The molecule has 2 rings (SSSR count). The fourth-order valence-corrected chi connectivity index (χ4v) is 4.59. The van der Waals surface area contributed by atoms with E-state index in [2.05, 4.69) is 12.2 Å². The van der Waals surface area contributed by atoms with Crippen LogP contribution in [0, 0.1) is 12.3 Å². The molecular formula is C12H16ClNO3S2. The minimum atomic E-state index is -3.78. The number of halogens is 1. The van der Waals surface area contributed by atoms with E-state index in [0.717, 1.165) is 30.6 Å². The highest BCUT2D eigenvalue weighted by atomic mass is 35.7. The largest absolute Gasteiger partial charge is 0.351 e. The predicted octanol–water partition coefficient (Wildman–Crippen LogP) is 2.90. The number of nitrogens with one attached hydrogen (secondary N) is 1. The Morgan fingerprint density at radius 2 is 2.16 bits per heavy atom. The van der Waals surface area contributed by atoms with E-state index in [9.17, 15) is 13.2 Å². The Labute approximate surface area is 121 Å². The zero-order chi connectivity index (χ0) is 14.3. The van der Waals surface area contributed by atoms with Gasteiger partial charge in [-0.05, 0) is 37.7 Å². The van der Waals surface area contributed by atoms with Crippen LogP contribution < -0.4 is 5.32 Å². The Balaban J connectivity index is 2.08. The van der Waals surface area contributed by atoms with Gasteiger partial charge in [0.25, 0.3) is 15.0 Å². The maximum Gasteiger partial charge on any atom is 0.262 e. The smallest absolute Gasteiger partial charge is 0.262 e. The summed E-state index contributed by atoms with van der Waals surface area (Å²) in [4.78, 5) is 12.9. The van der Waals surface area contributed by atoms with Gasteiger partial charge in [0.1, 0.15) is 0 Å². The van der Waals surface area contributed by atoms with Crippen molar-refractivity contribution >= 4 is 37.0 Å². The zero-order valence-corrected chi connectivity index (χ0v) is 13.2. The first-order valence-electron chi connectivity index (χ1n) is 6.11. The third-order valence-electron chi connectivity index (χ3n) is 3.69. The number of hydrogen-bond acceptors (Lipinski definition) is 4. The third kappa shape index (κ3) is 3.30. The third-order valence-corrected chi connectivity index (χ3v) is 6.32. The summed E-state index contributed by atoms with van der Waals surface area (Å²) in [6, 6.07) is 1.35. The lowest BCUT2D eigenvalue weighted by atomic mass is 10.0. The molecule has 0 spiro atoms. The molecule has 1 amide bonds. The van der Waals surface area contributed by atoms with E-state index in [4.69, 9.17) is 10.7 Å². The van der Waals surface area contributed by atoms with Crippen LogP contribution in [0.2, 0.25) is 0 Å². The Bertz CT molecular complexity index is 602. The standard InChI is InChI=1S/C12H16ClNO3S2/c1-3-12(4-5-12)7-14-11(15)9-6-10(8(2)18-9)19(13,16)17/h6H,3-5,7H2,1-2H3,(H,14,15). The van der Waals surface area contributed by atoms with Gasteiger partial charge in [0.2, 0.25) is 0 Å². The minimum absolute atomic E-state index is 0.0287. The number of aryl methyl sites for hydroxylation is 1. The second-order valence-electron chi connectivity index (χ2n) is 5.01. The second-order valence-corrected chi connectivity index (χ2v) is 8.80. The Morgan fingerprint density at radius 1 is 1.53 bits per heavy atom. The lowest BCUT2D eigenvalue weighted by Crippen LogP contribution is -2.29. The Morgan fingerprint density at radius 3 is 2.58 bits per heavy atom. The van der Waals surface area contributed by atoms with Crippen molar-refractivity contribution in [2.24, 2.45) is 5.41 Å². The molecule has 0 atom stereocenters. The van der Waals surface area contributed by atoms with Crippen LogP contribution in [0.1, 0.15) is 40.7 Å². The van der Waals surface area contributed by atoms with E-state index in [0.29, 0.717) is 16.3 Å². The molecule has 1 heterocycles. The molecule has 1 N–H and O–H groups in total. The van der Waals surface area contributed by atoms with E-state index in [1.54, 1.807) is 6.92 Å². The summed E-state index contributed by atoms with van der Waals surface area (Å²) < 4.78 is 22.6. The van der Waals surface area contributed by atoms with Crippen molar-refractivity contribution in [2.75, 3.05) is 6.54 Å². The minimum Gasteiger partial charge on any atom is -0.351 e. The van der Waals surface area contributed by atoms with Gasteiger partial charge in [-0.2, -0.15) is 0 Å². The summed E-state index contributed by atoms with van der Waals surface area (Å²) >= 11 is 1.15. The van der Waals surface area contributed by atoms with E-state index >= 15 is 0 Å². The lowest BCUT2D eigenvalue weighted by molar-refractivity contribution is 0.0948. The molecular weight excluding hydrogens is 306 g/mol. The van der Waals surface area contributed by atoms with Crippen molar-refractivity contribution in [1.29, 1.82) is 0 Å². The van der Waals surface area contributed by atoms with Crippen molar-refractivity contribution in [3.8, 4) is 0 Å². The molecule has 0 aromatic carbocycles. The van der Waals surface area contributed by atoms with Gasteiger partial charge < -0.3 is 5.32 Å². The lowest BCUT2D eigenvalue weighted by Gasteiger charge is -2.12. The number of thiophene rings is 1. The number of carbonyl (C=O) groups excluding carboxylic acids is 1. The van der Waals surface area contributed by atoms with Gasteiger partial charge >= 0.3 is 0 Å². The summed E-state index contributed by atoms with van der Waals surface area (Å²) in [6.45, 7) is 4.42. The van der Waals surface area contributed by atoms with Gasteiger partial charge in [-0.3, -0.25) is 4.79 Å². The molecule has 0 bridgehead atoms. The molecule has 0 saturated heterocycles. The van der Waals surface area contributed by atoms with Crippen LogP contribution in [0.5, 0.6) is 0 Å². The topological polar surface area (TPSA) is 63.2 Å². The first-order chi connectivity index (χ1) is 8.77. The number of carbonyl (C=O) groups is 1. The predicted molar refractivity (Wildman–Crippen MR) is 76.4 cm³/mol. The summed E-state index contributed by atoms with van der Waals surface area (Å²) in [5.41, 5.74) is 0.267. The van der Waals surface area contributed by atoms with Crippen molar-refractivity contribution in [3.63, 3.8) is 0 Å². The van der Waals surface area contributed by atoms with Crippen LogP contribution in [0.4, 0.5) is 0 Å². The Hall–Kier alpha value is -0.590. The molecule has 0 unspecified atom stereocenters. The molecule has 1 aliphatic carbocycles. The highest BCUT2D eigenvalue weighted by Crippen LogP contribution is 2.47. The molecule has 7 heteroatoms. The summed E-state index contributed by atoms with van der Waals surface area (Å²) in [7, 11) is 1.53. The first kappa shape index (κ1) is 14.8. The van der Waals surface area contributed by atoms with Gasteiger partial charge in [-0.1, -0.05) is 6.92 Å². The fourth-order valence-electron chi connectivity index (χ4n) is 2.01. The van der Waals surface area contributed by atoms with Gasteiger partial charge in [0.05, 0.1) is 9.77 Å².